The second-order valence-corrected chi connectivity index (χ2v) is 5.72. The molecule has 21 heavy (non-hydrogen) atoms. The largest absolute Gasteiger partial charge is 0.370 e. The second kappa shape index (κ2) is 6.08. The molecule has 3 rings (SSSR count). The van der Waals surface area contributed by atoms with E-state index in [1.165, 1.54) is 38.2 Å². The van der Waals surface area contributed by atoms with Crippen molar-refractivity contribution in [1.29, 1.82) is 0 Å². The van der Waals surface area contributed by atoms with Crippen LogP contribution in [0.5, 0.6) is 0 Å². The van der Waals surface area contributed by atoms with Gasteiger partial charge in [0.05, 0.1) is 10.4 Å². The number of anilines is 1. The van der Waals surface area contributed by atoms with Crippen LogP contribution in [0.15, 0.2) is 30.3 Å². The minimum atomic E-state index is -0.380. The van der Waals surface area contributed by atoms with Gasteiger partial charge < -0.3 is 5.32 Å². The summed E-state index contributed by atoms with van der Waals surface area (Å²) in [4.78, 5) is 14.9. The van der Waals surface area contributed by atoms with Crippen molar-refractivity contribution >= 4 is 22.4 Å². The van der Waals surface area contributed by atoms with E-state index in [4.69, 9.17) is 0 Å². The molecule has 0 radical (unpaired) electrons. The number of nitrogens with zero attached hydrogens (tertiary/aromatic N) is 2. The highest BCUT2D eigenvalue weighted by Gasteiger charge is 2.13. The predicted molar refractivity (Wildman–Crippen MR) is 83.5 cm³/mol. The number of hydrogen-bond acceptors (Lipinski definition) is 4. The van der Waals surface area contributed by atoms with Gasteiger partial charge in [-0.25, -0.2) is 4.98 Å². The molecular formula is C16H19N3O2. The van der Waals surface area contributed by atoms with Crippen LogP contribution in [0.1, 0.15) is 32.1 Å². The first-order chi connectivity index (χ1) is 10.2. The number of hydrogen-bond donors (Lipinski definition) is 1. The van der Waals surface area contributed by atoms with Crippen LogP contribution in [0.3, 0.4) is 0 Å². The molecule has 0 amide bonds. The Morgan fingerprint density at radius 3 is 2.76 bits per heavy atom. The lowest BCUT2D eigenvalue weighted by Gasteiger charge is -2.22. The van der Waals surface area contributed by atoms with Crippen LogP contribution in [0.2, 0.25) is 0 Å². The Morgan fingerprint density at radius 2 is 2.00 bits per heavy atom. The third kappa shape index (κ3) is 3.29. The molecular weight excluding hydrogens is 266 g/mol. The van der Waals surface area contributed by atoms with Crippen molar-refractivity contribution in [2.45, 2.75) is 32.1 Å². The van der Waals surface area contributed by atoms with Crippen LogP contribution in [0, 0.1) is 16.0 Å². The number of benzene rings is 1. The molecule has 1 heterocycles. The van der Waals surface area contributed by atoms with Crippen LogP contribution < -0.4 is 5.32 Å². The molecule has 0 aliphatic heterocycles. The molecule has 0 spiro atoms. The number of pyridine rings is 1. The molecule has 0 bridgehead atoms. The van der Waals surface area contributed by atoms with Crippen LogP contribution in [0.4, 0.5) is 11.5 Å². The van der Waals surface area contributed by atoms with Gasteiger partial charge in [-0.2, -0.15) is 0 Å². The first-order valence-electron chi connectivity index (χ1n) is 7.51. The first-order valence-corrected chi connectivity index (χ1v) is 7.51. The smallest absolute Gasteiger partial charge is 0.270 e. The summed E-state index contributed by atoms with van der Waals surface area (Å²) < 4.78 is 0. The monoisotopic (exact) mass is 285 g/mol. The van der Waals surface area contributed by atoms with E-state index in [9.17, 15) is 10.1 Å². The molecule has 0 saturated heterocycles. The average Bonchev–Trinajstić information content (AvgIpc) is 2.53. The van der Waals surface area contributed by atoms with E-state index in [0.717, 1.165) is 29.2 Å². The van der Waals surface area contributed by atoms with E-state index in [1.54, 1.807) is 12.1 Å². The third-order valence-electron chi connectivity index (χ3n) is 4.18. The predicted octanol–water partition coefficient (Wildman–Crippen LogP) is 4.14. The Labute approximate surface area is 123 Å². The lowest BCUT2D eigenvalue weighted by molar-refractivity contribution is -0.384. The molecule has 110 valence electrons. The molecule has 1 fully saturated rings. The van der Waals surface area contributed by atoms with E-state index in [1.807, 2.05) is 12.1 Å². The molecule has 1 aliphatic rings. The van der Waals surface area contributed by atoms with Crippen LogP contribution >= 0.6 is 0 Å². The summed E-state index contributed by atoms with van der Waals surface area (Å²) in [5.74, 6) is 1.59. The fourth-order valence-corrected chi connectivity index (χ4v) is 2.97. The van der Waals surface area contributed by atoms with E-state index < -0.39 is 0 Å². The molecule has 1 aromatic heterocycles. The number of non-ortho nitro benzene ring substituents is 1. The van der Waals surface area contributed by atoms with Crippen molar-refractivity contribution in [3.8, 4) is 0 Å². The molecule has 5 nitrogen and oxygen atoms in total. The van der Waals surface area contributed by atoms with E-state index in [2.05, 4.69) is 10.3 Å². The van der Waals surface area contributed by atoms with Gasteiger partial charge in [0.1, 0.15) is 5.82 Å². The number of aromatic nitrogens is 1. The highest BCUT2D eigenvalue weighted by Crippen LogP contribution is 2.25. The van der Waals surface area contributed by atoms with Gasteiger partial charge in [0, 0.05) is 24.1 Å². The van der Waals surface area contributed by atoms with Crippen LogP contribution in [-0.2, 0) is 0 Å². The molecule has 0 unspecified atom stereocenters. The third-order valence-corrected chi connectivity index (χ3v) is 4.18. The van der Waals surface area contributed by atoms with Crippen LogP contribution in [0.25, 0.3) is 10.9 Å². The zero-order chi connectivity index (χ0) is 14.7. The van der Waals surface area contributed by atoms with Crippen molar-refractivity contribution in [2.24, 2.45) is 5.92 Å². The molecule has 1 aromatic carbocycles. The Hall–Kier alpha value is -2.17. The van der Waals surface area contributed by atoms with Gasteiger partial charge in [-0.05, 0) is 37.0 Å². The van der Waals surface area contributed by atoms with Crippen molar-refractivity contribution in [1.82, 2.24) is 4.98 Å². The summed E-state index contributed by atoms with van der Waals surface area (Å²) in [5, 5.41) is 15.0. The minimum absolute atomic E-state index is 0.104. The Balaban J connectivity index is 1.71. The Kier molecular flexibility index (Phi) is 3.99. The highest BCUT2D eigenvalue weighted by atomic mass is 16.6. The van der Waals surface area contributed by atoms with Gasteiger partial charge >= 0.3 is 0 Å². The molecule has 1 saturated carbocycles. The summed E-state index contributed by atoms with van der Waals surface area (Å²) >= 11 is 0. The van der Waals surface area contributed by atoms with Gasteiger partial charge in [-0.15, -0.1) is 0 Å². The molecule has 5 heteroatoms. The maximum atomic E-state index is 10.8. The molecule has 1 N–H and O–H groups in total. The highest BCUT2D eigenvalue weighted by molar-refractivity contribution is 5.82. The summed E-state index contributed by atoms with van der Waals surface area (Å²) in [6.07, 6.45) is 6.63. The number of nitro benzene ring substituents is 1. The maximum absolute atomic E-state index is 10.8. The molecule has 1 aliphatic carbocycles. The topological polar surface area (TPSA) is 68.1 Å². The van der Waals surface area contributed by atoms with E-state index in [0.29, 0.717) is 0 Å². The van der Waals surface area contributed by atoms with Gasteiger partial charge in [-0.3, -0.25) is 10.1 Å². The fourth-order valence-electron chi connectivity index (χ4n) is 2.97. The second-order valence-electron chi connectivity index (χ2n) is 5.72. The van der Waals surface area contributed by atoms with Crippen molar-refractivity contribution in [2.75, 3.05) is 11.9 Å². The molecule has 2 aromatic rings. The Morgan fingerprint density at radius 1 is 1.19 bits per heavy atom. The fraction of sp³-hybridized carbons (Fsp3) is 0.438. The SMILES string of the molecule is O=[N+]([O-])c1ccc2nc(NCC3CCCCC3)ccc2c1. The van der Waals surface area contributed by atoms with Gasteiger partial charge in [0.2, 0.25) is 0 Å². The van der Waals surface area contributed by atoms with Crippen molar-refractivity contribution in [3.05, 3.63) is 40.4 Å². The summed E-state index contributed by atoms with van der Waals surface area (Å²) in [7, 11) is 0. The normalized spacial score (nSPS) is 16.0. The molecule has 0 atom stereocenters. The van der Waals surface area contributed by atoms with Gasteiger partial charge in [0.15, 0.2) is 0 Å². The quantitative estimate of drug-likeness (QED) is 0.677. The lowest BCUT2D eigenvalue weighted by atomic mass is 9.89. The average molecular weight is 285 g/mol. The number of fused-ring (bicyclic) bond motifs is 1. The zero-order valence-corrected chi connectivity index (χ0v) is 11.9. The number of nitrogens with one attached hydrogen (secondary N) is 1. The van der Waals surface area contributed by atoms with E-state index in [-0.39, 0.29) is 10.6 Å². The summed E-state index contributed by atoms with van der Waals surface area (Å²) in [6.45, 7) is 0.964. The van der Waals surface area contributed by atoms with E-state index >= 15 is 0 Å². The summed E-state index contributed by atoms with van der Waals surface area (Å²) in [5.41, 5.74) is 0.890. The zero-order valence-electron chi connectivity index (χ0n) is 11.9. The standard InChI is InChI=1S/C16H19N3O2/c20-19(21)14-7-8-15-13(10-14)6-9-16(18-15)17-11-12-4-2-1-3-5-12/h6-10,12H,1-5,11H2,(H,17,18). The van der Waals surface area contributed by atoms with Gasteiger partial charge in [0.25, 0.3) is 5.69 Å². The minimum Gasteiger partial charge on any atom is -0.370 e. The van der Waals surface area contributed by atoms with Crippen molar-refractivity contribution < 1.29 is 4.92 Å². The maximum Gasteiger partial charge on any atom is 0.270 e. The lowest BCUT2D eigenvalue weighted by Crippen LogP contribution is -2.17. The van der Waals surface area contributed by atoms with Gasteiger partial charge in [-0.1, -0.05) is 19.3 Å². The number of rotatable bonds is 4. The van der Waals surface area contributed by atoms with Crippen LogP contribution in [-0.4, -0.2) is 16.5 Å². The summed E-state index contributed by atoms with van der Waals surface area (Å²) in [6, 6.07) is 8.56. The first kappa shape index (κ1) is 13.8. The van der Waals surface area contributed by atoms with Crippen molar-refractivity contribution in [3.63, 3.8) is 0 Å². The Bertz CT molecular complexity index is 651. The number of nitro groups is 1.